The Hall–Kier alpha value is -0.960. The first-order valence-corrected chi connectivity index (χ1v) is 6.70. The third kappa shape index (κ3) is 2.83. The van der Waals surface area contributed by atoms with E-state index in [4.69, 9.17) is 0 Å². The average Bonchev–Trinajstić information content (AvgIpc) is 2.36. The summed E-state index contributed by atoms with van der Waals surface area (Å²) in [6.45, 7) is 4.08. The van der Waals surface area contributed by atoms with Gasteiger partial charge in [0.25, 0.3) is 0 Å². The molecule has 3 heteroatoms. The van der Waals surface area contributed by atoms with Crippen LogP contribution in [0.1, 0.15) is 55.1 Å². The van der Waals surface area contributed by atoms with Gasteiger partial charge in [-0.3, -0.25) is 0 Å². The molecule has 2 rings (SSSR count). The second-order valence-electron chi connectivity index (χ2n) is 5.19. The molecule has 0 bridgehead atoms. The van der Waals surface area contributed by atoms with Crippen LogP contribution in [0.25, 0.3) is 0 Å². The van der Waals surface area contributed by atoms with Crippen LogP contribution in [0.4, 0.5) is 0 Å². The summed E-state index contributed by atoms with van der Waals surface area (Å²) in [7, 11) is 2.06. The van der Waals surface area contributed by atoms with Gasteiger partial charge < -0.3 is 5.32 Å². The van der Waals surface area contributed by atoms with Crippen molar-refractivity contribution in [3.8, 4) is 0 Å². The third-order valence-corrected chi connectivity index (χ3v) is 3.91. The molecule has 0 spiro atoms. The second kappa shape index (κ2) is 5.58. The van der Waals surface area contributed by atoms with Gasteiger partial charge in [-0.05, 0) is 51.3 Å². The van der Waals surface area contributed by atoms with Crippen LogP contribution in [0, 0.1) is 19.8 Å². The maximum absolute atomic E-state index is 4.25. The smallest absolute Gasteiger partial charge is 0.0648 e. The van der Waals surface area contributed by atoms with E-state index in [9.17, 15) is 0 Å². The quantitative estimate of drug-likeness (QED) is 0.872. The number of aromatic nitrogens is 2. The second-order valence-corrected chi connectivity index (χ2v) is 5.19. The summed E-state index contributed by atoms with van der Waals surface area (Å²) in [5, 5.41) is 11.9. The normalized spacial score (nSPS) is 19.2. The number of aryl methyl sites for hydroxylation is 2. The van der Waals surface area contributed by atoms with Gasteiger partial charge in [0.1, 0.15) is 0 Å². The van der Waals surface area contributed by atoms with E-state index in [1.807, 2.05) is 6.92 Å². The van der Waals surface area contributed by atoms with Crippen molar-refractivity contribution in [2.75, 3.05) is 7.05 Å². The average molecular weight is 233 g/mol. The van der Waals surface area contributed by atoms with Crippen LogP contribution in [0.2, 0.25) is 0 Å². The SMILES string of the molecule is CNC(c1cc(C)nnc1C)C1CCCCC1. The van der Waals surface area contributed by atoms with Crippen molar-refractivity contribution < 1.29 is 0 Å². The van der Waals surface area contributed by atoms with Crippen molar-refractivity contribution in [1.82, 2.24) is 15.5 Å². The minimum absolute atomic E-state index is 0.449. The lowest BCUT2D eigenvalue weighted by atomic mass is 9.81. The van der Waals surface area contributed by atoms with Gasteiger partial charge in [0.15, 0.2) is 0 Å². The molecule has 0 aromatic carbocycles. The minimum atomic E-state index is 0.449. The van der Waals surface area contributed by atoms with Crippen LogP contribution < -0.4 is 5.32 Å². The van der Waals surface area contributed by atoms with Gasteiger partial charge in [-0.2, -0.15) is 10.2 Å². The summed E-state index contributed by atoms with van der Waals surface area (Å²) in [5.74, 6) is 0.760. The van der Waals surface area contributed by atoms with Gasteiger partial charge in [0, 0.05) is 6.04 Å². The first-order chi connectivity index (χ1) is 8.22. The molecule has 0 aliphatic heterocycles. The maximum atomic E-state index is 4.25. The van der Waals surface area contributed by atoms with E-state index < -0.39 is 0 Å². The van der Waals surface area contributed by atoms with Crippen molar-refractivity contribution in [1.29, 1.82) is 0 Å². The van der Waals surface area contributed by atoms with Crippen molar-refractivity contribution in [2.45, 2.75) is 52.0 Å². The predicted octanol–water partition coefficient (Wildman–Crippen LogP) is 2.93. The molecule has 94 valence electrons. The molecule has 1 unspecified atom stereocenters. The molecule has 1 aromatic heterocycles. The molecule has 0 saturated heterocycles. The van der Waals surface area contributed by atoms with Crippen LogP contribution >= 0.6 is 0 Å². The predicted molar refractivity (Wildman–Crippen MR) is 69.9 cm³/mol. The van der Waals surface area contributed by atoms with Gasteiger partial charge in [0.2, 0.25) is 0 Å². The van der Waals surface area contributed by atoms with Gasteiger partial charge >= 0.3 is 0 Å². The zero-order chi connectivity index (χ0) is 12.3. The highest BCUT2D eigenvalue weighted by molar-refractivity contribution is 5.24. The van der Waals surface area contributed by atoms with Gasteiger partial charge in [-0.25, -0.2) is 0 Å². The lowest BCUT2D eigenvalue weighted by Crippen LogP contribution is -2.28. The van der Waals surface area contributed by atoms with Crippen LogP contribution in [0.15, 0.2) is 6.07 Å². The van der Waals surface area contributed by atoms with E-state index in [1.165, 1.54) is 37.7 Å². The van der Waals surface area contributed by atoms with Crippen LogP contribution in [-0.2, 0) is 0 Å². The highest BCUT2D eigenvalue weighted by Gasteiger charge is 2.25. The van der Waals surface area contributed by atoms with Crippen molar-refractivity contribution >= 4 is 0 Å². The van der Waals surface area contributed by atoms with Gasteiger partial charge in [0.05, 0.1) is 11.4 Å². The Balaban J connectivity index is 2.24. The highest BCUT2D eigenvalue weighted by Crippen LogP contribution is 2.34. The lowest BCUT2D eigenvalue weighted by Gasteiger charge is -2.31. The molecule has 1 fully saturated rings. The maximum Gasteiger partial charge on any atom is 0.0648 e. The monoisotopic (exact) mass is 233 g/mol. The topological polar surface area (TPSA) is 37.8 Å². The Morgan fingerprint density at radius 2 is 1.88 bits per heavy atom. The fourth-order valence-electron chi connectivity index (χ4n) is 3.00. The van der Waals surface area contributed by atoms with E-state index in [1.54, 1.807) is 0 Å². The molecule has 1 atom stereocenters. The number of nitrogens with one attached hydrogen (secondary N) is 1. The van der Waals surface area contributed by atoms with E-state index in [2.05, 4.69) is 35.6 Å². The van der Waals surface area contributed by atoms with E-state index in [0.29, 0.717) is 6.04 Å². The molecule has 0 radical (unpaired) electrons. The van der Waals surface area contributed by atoms with Crippen molar-refractivity contribution in [3.63, 3.8) is 0 Å². The molecule has 1 aliphatic carbocycles. The van der Waals surface area contributed by atoms with Crippen LogP contribution in [0.5, 0.6) is 0 Å². The van der Waals surface area contributed by atoms with Crippen molar-refractivity contribution in [2.24, 2.45) is 5.92 Å². The lowest BCUT2D eigenvalue weighted by molar-refractivity contribution is 0.280. The van der Waals surface area contributed by atoms with E-state index in [-0.39, 0.29) is 0 Å². The molecule has 1 aliphatic rings. The Morgan fingerprint density at radius 3 is 2.53 bits per heavy atom. The van der Waals surface area contributed by atoms with E-state index >= 15 is 0 Å². The fraction of sp³-hybridized carbons (Fsp3) is 0.714. The van der Waals surface area contributed by atoms with E-state index in [0.717, 1.165) is 17.3 Å². The zero-order valence-electron chi connectivity index (χ0n) is 11.2. The first-order valence-electron chi connectivity index (χ1n) is 6.70. The van der Waals surface area contributed by atoms with Gasteiger partial charge in [-0.15, -0.1) is 0 Å². The zero-order valence-corrected chi connectivity index (χ0v) is 11.2. The molecule has 3 nitrogen and oxygen atoms in total. The largest absolute Gasteiger partial charge is 0.313 e. The summed E-state index contributed by atoms with van der Waals surface area (Å²) in [6.07, 6.45) is 6.83. The number of hydrogen-bond acceptors (Lipinski definition) is 3. The first kappa shape index (κ1) is 12.5. The summed E-state index contributed by atoms with van der Waals surface area (Å²) < 4.78 is 0. The molecule has 1 saturated carbocycles. The van der Waals surface area contributed by atoms with Crippen LogP contribution in [-0.4, -0.2) is 17.2 Å². The molecule has 1 heterocycles. The van der Waals surface area contributed by atoms with Gasteiger partial charge in [-0.1, -0.05) is 19.3 Å². The Morgan fingerprint density at radius 1 is 1.18 bits per heavy atom. The number of hydrogen-bond donors (Lipinski definition) is 1. The fourth-order valence-corrected chi connectivity index (χ4v) is 3.00. The van der Waals surface area contributed by atoms with Crippen LogP contribution in [0.3, 0.4) is 0 Å². The number of rotatable bonds is 3. The summed E-state index contributed by atoms with van der Waals surface area (Å²) in [5.41, 5.74) is 3.43. The molecule has 0 amide bonds. The summed E-state index contributed by atoms with van der Waals surface area (Å²) >= 11 is 0. The molecule has 1 aromatic rings. The molecular formula is C14H23N3. The molecule has 1 N–H and O–H groups in total. The highest BCUT2D eigenvalue weighted by atomic mass is 15.1. The molecular weight excluding hydrogens is 210 g/mol. The Labute approximate surface area is 104 Å². The minimum Gasteiger partial charge on any atom is -0.313 e. The summed E-state index contributed by atoms with van der Waals surface area (Å²) in [4.78, 5) is 0. The number of nitrogens with zero attached hydrogens (tertiary/aromatic N) is 2. The van der Waals surface area contributed by atoms with Crippen molar-refractivity contribution in [3.05, 3.63) is 23.0 Å². The third-order valence-electron chi connectivity index (χ3n) is 3.91. The summed E-state index contributed by atoms with van der Waals surface area (Å²) in [6, 6.07) is 2.64. The Bertz CT molecular complexity index is 370. The molecule has 17 heavy (non-hydrogen) atoms. The standard InChI is InChI=1S/C14H23N3/c1-10-9-13(11(2)17-16-10)14(15-3)12-7-5-4-6-8-12/h9,12,14-15H,4-8H2,1-3H3. The Kier molecular flexibility index (Phi) is 4.11.